The van der Waals surface area contributed by atoms with Crippen LogP contribution in [0.4, 0.5) is 11.4 Å². The van der Waals surface area contributed by atoms with Gasteiger partial charge in [0.2, 0.25) is 0 Å². The molecule has 130 valence electrons. The fourth-order valence-corrected chi connectivity index (χ4v) is 2.11. The molecule has 0 aliphatic heterocycles. The minimum absolute atomic E-state index is 0.0552. The Kier molecular flexibility index (Phi) is 5.67. The summed E-state index contributed by atoms with van der Waals surface area (Å²) in [5, 5.41) is 13.9. The smallest absolute Gasteiger partial charge is 0.269 e. The number of ether oxygens (including phenoxy) is 1. The van der Waals surface area contributed by atoms with Crippen molar-refractivity contribution in [1.82, 2.24) is 0 Å². The lowest BCUT2D eigenvalue weighted by atomic mass is 10.0. The predicted molar refractivity (Wildman–Crippen MR) is 96.7 cm³/mol. The molecule has 2 aromatic carbocycles. The topological polar surface area (TPSA) is 81.5 Å². The summed E-state index contributed by atoms with van der Waals surface area (Å²) in [6, 6.07) is 15.0. The lowest BCUT2D eigenvalue weighted by molar-refractivity contribution is -0.384. The molecule has 0 amide bonds. The van der Waals surface area contributed by atoms with Crippen molar-refractivity contribution in [2.45, 2.75) is 19.4 Å². The number of rotatable bonds is 7. The number of anilines is 1. The van der Waals surface area contributed by atoms with E-state index in [9.17, 15) is 14.9 Å². The zero-order chi connectivity index (χ0) is 18.4. The van der Waals surface area contributed by atoms with Crippen molar-refractivity contribution in [3.63, 3.8) is 0 Å². The van der Waals surface area contributed by atoms with Gasteiger partial charge in [0.25, 0.3) is 5.69 Å². The van der Waals surface area contributed by atoms with Crippen LogP contribution in [-0.4, -0.2) is 23.4 Å². The van der Waals surface area contributed by atoms with Crippen LogP contribution in [0.2, 0.25) is 0 Å². The molecule has 1 N–H and O–H groups in total. The number of nitro groups is 1. The molecule has 0 aliphatic carbocycles. The molecule has 0 spiro atoms. The zero-order valence-corrected chi connectivity index (χ0v) is 14.4. The van der Waals surface area contributed by atoms with Gasteiger partial charge < -0.3 is 10.1 Å². The average molecular weight is 340 g/mol. The standard InChI is InChI=1S/C19H20N2O4/c1-19(2,25-3)18(20-15-7-5-4-6-8-15)13-17(22)14-9-11-16(12-10-14)21(23)24/h4-13,20H,1-3H3/b18-13-. The number of hydrogen-bond donors (Lipinski definition) is 1. The Morgan fingerprint density at radius 1 is 1.12 bits per heavy atom. The molecule has 6 nitrogen and oxygen atoms in total. The maximum absolute atomic E-state index is 12.5. The van der Waals surface area contributed by atoms with E-state index in [0.717, 1.165) is 5.69 Å². The Morgan fingerprint density at radius 2 is 1.72 bits per heavy atom. The number of non-ortho nitro benzene ring substituents is 1. The van der Waals surface area contributed by atoms with Crippen molar-refractivity contribution in [3.8, 4) is 0 Å². The van der Waals surface area contributed by atoms with E-state index < -0.39 is 10.5 Å². The molecule has 0 heterocycles. The third-order valence-corrected chi connectivity index (χ3v) is 3.85. The Labute approximate surface area is 146 Å². The minimum Gasteiger partial charge on any atom is -0.373 e. The molecule has 0 radical (unpaired) electrons. The number of nitrogens with zero attached hydrogens (tertiary/aromatic N) is 1. The number of methoxy groups -OCH3 is 1. The van der Waals surface area contributed by atoms with Crippen LogP contribution < -0.4 is 5.32 Å². The van der Waals surface area contributed by atoms with Gasteiger partial charge in [0.15, 0.2) is 5.78 Å². The Morgan fingerprint density at radius 3 is 2.24 bits per heavy atom. The summed E-state index contributed by atoms with van der Waals surface area (Å²) in [4.78, 5) is 22.8. The molecule has 25 heavy (non-hydrogen) atoms. The van der Waals surface area contributed by atoms with Crippen molar-refractivity contribution < 1.29 is 14.5 Å². The lowest BCUT2D eigenvalue weighted by Gasteiger charge is -2.27. The third-order valence-electron chi connectivity index (χ3n) is 3.85. The number of ketones is 1. The number of carbonyl (C=O) groups is 1. The van der Waals surface area contributed by atoms with Crippen molar-refractivity contribution in [1.29, 1.82) is 0 Å². The van der Waals surface area contributed by atoms with Gasteiger partial charge in [0.05, 0.1) is 10.6 Å². The Hall–Kier alpha value is -2.99. The first-order valence-corrected chi connectivity index (χ1v) is 7.71. The summed E-state index contributed by atoms with van der Waals surface area (Å²) in [6.07, 6.45) is 1.46. The number of benzene rings is 2. The summed E-state index contributed by atoms with van der Waals surface area (Å²) in [5.74, 6) is -0.265. The van der Waals surface area contributed by atoms with Crippen LogP contribution in [0.15, 0.2) is 66.4 Å². The van der Waals surface area contributed by atoms with Crippen LogP contribution in [0.5, 0.6) is 0 Å². The molecule has 0 unspecified atom stereocenters. The van der Waals surface area contributed by atoms with E-state index >= 15 is 0 Å². The maximum atomic E-state index is 12.5. The highest BCUT2D eigenvalue weighted by atomic mass is 16.6. The summed E-state index contributed by atoms with van der Waals surface area (Å²) in [5.41, 5.74) is 1.01. The molecule has 0 fully saturated rings. The molecular formula is C19H20N2O4. The van der Waals surface area contributed by atoms with E-state index in [2.05, 4.69) is 5.32 Å². The maximum Gasteiger partial charge on any atom is 0.269 e. The van der Waals surface area contributed by atoms with Gasteiger partial charge >= 0.3 is 0 Å². The second kappa shape index (κ2) is 7.72. The first-order chi connectivity index (χ1) is 11.8. The number of hydrogen-bond acceptors (Lipinski definition) is 5. The van der Waals surface area contributed by atoms with Crippen LogP contribution in [0.25, 0.3) is 0 Å². The number of carbonyl (C=O) groups excluding carboxylic acids is 1. The molecule has 0 aliphatic rings. The van der Waals surface area contributed by atoms with Crippen molar-refractivity contribution >= 4 is 17.2 Å². The van der Waals surface area contributed by atoms with E-state index in [4.69, 9.17) is 4.74 Å². The van der Waals surface area contributed by atoms with Crippen molar-refractivity contribution in [3.05, 3.63) is 82.0 Å². The fourth-order valence-electron chi connectivity index (χ4n) is 2.11. The van der Waals surface area contributed by atoms with Gasteiger partial charge in [0.1, 0.15) is 5.60 Å². The van der Waals surface area contributed by atoms with Gasteiger partial charge in [-0.25, -0.2) is 0 Å². The van der Waals surface area contributed by atoms with Gasteiger partial charge in [-0.2, -0.15) is 0 Å². The largest absolute Gasteiger partial charge is 0.373 e. The molecule has 0 bridgehead atoms. The highest BCUT2D eigenvalue weighted by Gasteiger charge is 2.24. The monoisotopic (exact) mass is 340 g/mol. The minimum atomic E-state index is -0.716. The molecule has 0 atom stereocenters. The number of nitro benzene ring substituents is 1. The second-order valence-electron chi connectivity index (χ2n) is 5.93. The van der Waals surface area contributed by atoms with Crippen molar-refractivity contribution in [2.24, 2.45) is 0 Å². The predicted octanol–water partition coefficient (Wildman–Crippen LogP) is 4.20. The van der Waals surface area contributed by atoms with E-state index in [1.165, 1.54) is 30.3 Å². The number of nitrogens with one attached hydrogen (secondary N) is 1. The number of para-hydroxylation sites is 1. The van der Waals surface area contributed by atoms with Crippen LogP contribution in [0.3, 0.4) is 0 Å². The fraction of sp³-hybridized carbons (Fsp3) is 0.211. The van der Waals surface area contributed by atoms with Crippen LogP contribution in [0.1, 0.15) is 24.2 Å². The van der Waals surface area contributed by atoms with E-state index in [1.807, 2.05) is 44.2 Å². The molecule has 0 aromatic heterocycles. The SMILES string of the molecule is COC(C)(C)/C(=C/C(=O)c1ccc([N+](=O)[O-])cc1)Nc1ccccc1. The van der Waals surface area contributed by atoms with Gasteiger partial charge in [-0.15, -0.1) is 0 Å². The first-order valence-electron chi connectivity index (χ1n) is 7.71. The average Bonchev–Trinajstić information content (AvgIpc) is 2.62. The quantitative estimate of drug-likeness (QED) is 0.353. The zero-order valence-electron chi connectivity index (χ0n) is 14.4. The number of allylic oxidation sites excluding steroid dienone is 1. The Balaban J connectivity index is 2.32. The van der Waals surface area contributed by atoms with Crippen LogP contribution >= 0.6 is 0 Å². The molecular weight excluding hydrogens is 320 g/mol. The summed E-state index contributed by atoms with van der Waals surface area (Å²) in [7, 11) is 1.57. The summed E-state index contributed by atoms with van der Waals surface area (Å²) in [6.45, 7) is 3.69. The molecule has 2 rings (SSSR count). The molecule has 0 saturated heterocycles. The van der Waals surface area contributed by atoms with E-state index in [1.54, 1.807) is 7.11 Å². The molecule has 0 saturated carbocycles. The van der Waals surface area contributed by atoms with Crippen LogP contribution in [-0.2, 0) is 4.74 Å². The molecule has 6 heteroatoms. The van der Waals surface area contributed by atoms with Crippen LogP contribution in [0, 0.1) is 10.1 Å². The van der Waals surface area contributed by atoms with Gasteiger partial charge in [-0.1, -0.05) is 18.2 Å². The highest BCUT2D eigenvalue weighted by molar-refractivity contribution is 6.05. The normalized spacial score (nSPS) is 11.9. The van der Waals surface area contributed by atoms with Gasteiger partial charge in [0, 0.05) is 36.6 Å². The molecule has 2 aromatic rings. The first kappa shape index (κ1) is 18.4. The van der Waals surface area contributed by atoms with Gasteiger partial charge in [-0.3, -0.25) is 14.9 Å². The Bertz CT molecular complexity index is 781. The second-order valence-corrected chi connectivity index (χ2v) is 5.93. The van der Waals surface area contributed by atoms with E-state index in [-0.39, 0.29) is 11.5 Å². The van der Waals surface area contributed by atoms with Crippen molar-refractivity contribution in [2.75, 3.05) is 12.4 Å². The lowest BCUT2D eigenvalue weighted by Crippen LogP contribution is -2.30. The van der Waals surface area contributed by atoms with Gasteiger partial charge in [-0.05, 0) is 38.1 Å². The summed E-state index contributed by atoms with van der Waals surface area (Å²) >= 11 is 0. The third kappa shape index (κ3) is 4.74. The van der Waals surface area contributed by atoms with E-state index in [0.29, 0.717) is 11.3 Å². The highest BCUT2D eigenvalue weighted by Crippen LogP contribution is 2.23. The summed E-state index contributed by atoms with van der Waals surface area (Å²) < 4.78 is 5.49.